The quantitative estimate of drug-likeness (QED) is 0.105. The van der Waals surface area contributed by atoms with E-state index in [9.17, 15) is 36.5 Å². The minimum absolute atomic E-state index is 0.833. The van der Waals surface area contributed by atoms with Crippen LogP contribution in [0.4, 0.5) is 4.79 Å². The summed E-state index contributed by atoms with van der Waals surface area (Å²) in [4.78, 5) is 137. The summed E-state index contributed by atoms with van der Waals surface area (Å²) in [6.07, 6.45) is 0. The smallest absolute Gasteiger partial charge is 0.337 e. The molecule has 0 heterocycles. The first kappa shape index (κ1) is 50.1. The zero-order valence-corrected chi connectivity index (χ0v) is 26.0. The van der Waals surface area contributed by atoms with Gasteiger partial charge in [-0.2, -0.15) is 0 Å². The molecule has 0 unspecified atom stereocenters. The Balaban J connectivity index is -0.000000130. The summed E-state index contributed by atoms with van der Waals surface area (Å²) in [6.45, 7) is 0. The molecule has 0 radical (unpaired) electrons. The number of hydrogen-bond donors (Lipinski definition) is 18. The molecule has 0 bridgehead atoms. The Kier molecular flexibility index (Phi) is 23.8. The first-order valence-electron chi connectivity index (χ1n) is 7.97. The summed E-state index contributed by atoms with van der Waals surface area (Å²) in [5, 5.41) is 0. The van der Waals surface area contributed by atoms with Crippen molar-refractivity contribution in [3.8, 4) is 0 Å². The molecule has 0 aliphatic rings. The topological polar surface area (TPSA) is 529 Å². The molecular formula is C5H28N2O25P8. The van der Waals surface area contributed by atoms with E-state index < -0.39 is 90.4 Å². The Morgan fingerprint density at radius 1 is 0.325 bits per heavy atom. The van der Waals surface area contributed by atoms with Crippen molar-refractivity contribution in [1.29, 1.82) is 0 Å². The first-order chi connectivity index (χ1) is 16.6. The molecule has 2 amide bonds. The molecule has 248 valence electrons. The van der Waals surface area contributed by atoms with Crippen LogP contribution in [0.1, 0.15) is 0 Å². The molecule has 35 heteroatoms. The molecule has 0 saturated heterocycles. The zero-order chi connectivity index (χ0) is 34.4. The van der Waals surface area contributed by atoms with Gasteiger partial charge in [0.15, 0.2) is 23.6 Å². The molecule has 0 aromatic rings. The average molecular weight is 764 g/mol. The van der Waals surface area contributed by atoms with E-state index in [0.717, 1.165) is 0 Å². The molecule has 0 aromatic heterocycles. The second-order valence-corrected chi connectivity index (χ2v) is 21.4. The molecule has 0 rings (SSSR count). The Bertz CT molecular complexity index is 876. The number of urea groups is 1. The Labute approximate surface area is 221 Å². The van der Waals surface area contributed by atoms with Gasteiger partial charge < -0.3 is 89.8 Å². The highest BCUT2D eigenvalue weighted by Crippen LogP contribution is 2.53. The van der Waals surface area contributed by atoms with Crippen LogP contribution in [-0.2, 0) is 36.5 Å². The van der Waals surface area contributed by atoms with Crippen LogP contribution in [0.25, 0.3) is 0 Å². The van der Waals surface area contributed by atoms with Crippen molar-refractivity contribution >= 4 is 66.8 Å². The summed E-state index contributed by atoms with van der Waals surface area (Å²) < 4.78 is 78.8. The predicted molar refractivity (Wildman–Crippen MR) is 130 cm³/mol. The minimum atomic E-state index is -4.55. The Morgan fingerprint density at radius 3 is 0.375 bits per heavy atom. The minimum Gasteiger partial charge on any atom is -0.352 e. The second kappa shape index (κ2) is 19.0. The van der Waals surface area contributed by atoms with E-state index in [4.69, 9.17) is 83.1 Å². The molecule has 0 aliphatic carbocycles. The lowest BCUT2D eigenvalue weighted by Crippen LogP contribution is -2.18. The lowest BCUT2D eigenvalue weighted by Gasteiger charge is -2.03. The SMILES string of the molecule is NC(N)=O.O=P(O)(O)CP(=O)(O)O.O=P(O)(O)CP(=O)(O)O.O=P(O)(O)CP(=O)(O)O.O=P(O)(O)CP(=O)(O)O. The maximum atomic E-state index is 9.85. The van der Waals surface area contributed by atoms with Crippen molar-refractivity contribution in [2.75, 3.05) is 23.6 Å². The van der Waals surface area contributed by atoms with Crippen molar-refractivity contribution in [3.05, 3.63) is 0 Å². The van der Waals surface area contributed by atoms with Crippen LogP contribution < -0.4 is 11.5 Å². The number of carbonyl (C=O) groups excluding carboxylic acids is 1. The van der Waals surface area contributed by atoms with Crippen molar-refractivity contribution < 1.29 is 120 Å². The van der Waals surface area contributed by atoms with Crippen LogP contribution in [0.15, 0.2) is 0 Å². The standard InChI is InChI=1S/CH4N2O.4CH6O6P2/c2-1(3)4;4*2-8(3,4)1-9(5,6)7/h(H4,2,3,4);4*1H2,(H2,2,3,4)(H2,5,6,7). The number of hydrogen-bond acceptors (Lipinski definition) is 9. The number of carbonyl (C=O) groups is 1. The number of rotatable bonds is 8. The highest BCUT2D eigenvalue weighted by Gasteiger charge is 2.28. The lowest BCUT2D eigenvalue weighted by atomic mass is 11.2. The zero-order valence-electron chi connectivity index (χ0n) is 18.9. The second-order valence-electron chi connectivity index (χ2n) is 6.29. The van der Waals surface area contributed by atoms with Crippen LogP contribution in [-0.4, -0.2) is 108 Å². The van der Waals surface area contributed by atoms with Gasteiger partial charge in [0.25, 0.3) is 0 Å². The molecular weight excluding hydrogens is 736 g/mol. The van der Waals surface area contributed by atoms with Crippen LogP contribution in [0.3, 0.4) is 0 Å². The fraction of sp³-hybridized carbons (Fsp3) is 0.800. The third-order valence-electron chi connectivity index (χ3n) is 1.47. The summed E-state index contributed by atoms with van der Waals surface area (Å²) in [7, 11) is -36.4. The third-order valence-corrected chi connectivity index (χ3v) is 13.3. The number of primary amides is 2. The van der Waals surface area contributed by atoms with Crippen molar-refractivity contribution in [2.24, 2.45) is 11.5 Å². The molecule has 20 N–H and O–H groups in total. The van der Waals surface area contributed by atoms with E-state index in [1.165, 1.54) is 0 Å². The largest absolute Gasteiger partial charge is 0.352 e. The highest BCUT2D eigenvalue weighted by atomic mass is 31.3. The van der Waals surface area contributed by atoms with Gasteiger partial charge in [-0.05, 0) is 0 Å². The van der Waals surface area contributed by atoms with Gasteiger partial charge in [-0.1, -0.05) is 0 Å². The lowest BCUT2D eigenvalue weighted by molar-refractivity contribution is 0.256. The summed E-state index contributed by atoms with van der Waals surface area (Å²) in [5.41, 5.74) is 8.50. The normalized spacial score (nSPS) is 13.0. The van der Waals surface area contributed by atoms with Gasteiger partial charge in [-0.3, -0.25) is 36.5 Å². The van der Waals surface area contributed by atoms with Gasteiger partial charge in [0.2, 0.25) is 0 Å². The van der Waals surface area contributed by atoms with E-state index in [-0.39, 0.29) is 0 Å². The molecule has 0 spiro atoms. The van der Waals surface area contributed by atoms with Gasteiger partial charge in [-0.25, -0.2) is 4.79 Å². The van der Waals surface area contributed by atoms with Gasteiger partial charge >= 0.3 is 66.8 Å². The Hall–Kier alpha value is 0.470. The van der Waals surface area contributed by atoms with Gasteiger partial charge in [-0.15, -0.1) is 0 Å². The summed E-state index contributed by atoms with van der Waals surface area (Å²) in [5.74, 6) is -5.50. The predicted octanol–water partition coefficient (Wildman–Crippen LogP) is -3.78. The van der Waals surface area contributed by atoms with Crippen molar-refractivity contribution in [2.45, 2.75) is 0 Å². The molecule has 0 saturated carbocycles. The van der Waals surface area contributed by atoms with Crippen LogP contribution in [0, 0.1) is 0 Å². The van der Waals surface area contributed by atoms with E-state index in [2.05, 4.69) is 11.5 Å². The number of amides is 2. The maximum Gasteiger partial charge on any atom is 0.337 e. The summed E-state index contributed by atoms with van der Waals surface area (Å²) in [6, 6.07) is -0.833. The molecule has 40 heavy (non-hydrogen) atoms. The van der Waals surface area contributed by atoms with Gasteiger partial charge in [0.05, 0.1) is 0 Å². The van der Waals surface area contributed by atoms with Gasteiger partial charge in [0, 0.05) is 0 Å². The van der Waals surface area contributed by atoms with E-state index >= 15 is 0 Å². The average Bonchev–Trinajstić information content (AvgIpc) is 2.29. The van der Waals surface area contributed by atoms with E-state index in [0.29, 0.717) is 0 Å². The van der Waals surface area contributed by atoms with Crippen molar-refractivity contribution in [3.63, 3.8) is 0 Å². The molecule has 27 nitrogen and oxygen atoms in total. The Morgan fingerprint density at radius 2 is 0.375 bits per heavy atom. The molecule has 0 atom stereocenters. The van der Waals surface area contributed by atoms with Crippen LogP contribution >= 0.6 is 60.8 Å². The maximum absolute atomic E-state index is 9.85. The fourth-order valence-electron chi connectivity index (χ4n) is 0.960. The van der Waals surface area contributed by atoms with Crippen LogP contribution in [0.2, 0.25) is 0 Å². The first-order valence-corrected chi connectivity index (χ1v) is 22.4. The molecule has 0 aromatic carbocycles. The monoisotopic (exact) mass is 764 g/mol. The van der Waals surface area contributed by atoms with Gasteiger partial charge in [0.1, 0.15) is 0 Å². The highest BCUT2D eigenvalue weighted by molar-refractivity contribution is 7.70. The molecule has 0 aliphatic heterocycles. The van der Waals surface area contributed by atoms with Crippen molar-refractivity contribution in [1.82, 2.24) is 0 Å². The van der Waals surface area contributed by atoms with Crippen LogP contribution in [0.5, 0.6) is 0 Å². The number of nitrogens with two attached hydrogens (primary N) is 2. The fourth-order valence-corrected chi connectivity index (χ4v) is 8.64. The molecule has 0 fully saturated rings. The third kappa shape index (κ3) is 90.2. The van der Waals surface area contributed by atoms with E-state index in [1.807, 2.05) is 0 Å². The summed E-state index contributed by atoms with van der Waals surface area (Å²) >= 11 is 0. The van der Waals surface area contributed by atoms with E-state index in [1.54, 1.807) is 0 Å².